The fourth-order valence-electron chi connectivity index (χ4n) is 4.06. The first-order valence-corrected chi connectivity index (χ1v) is 9.38. The average Bonchev–Trinajstić information content (AvgIpc) is 3.04. The van der Waals surface area contributed by atoms with Crippen LogP contribution in [0.1, 0.15) is 5.56 Å². The Morgan fingerprint density at radius 2 is 1.93 bits per heavy atom. The Bertz CT molecular complexity index is 844. The number of anilines is 1. The van der Waals surface area contributed by atoms with E-state index >= 15 is 0 Å². The molecule has 7 nitrogen and oxygen atoms in total. The van der Waals surface area contributed by atoms with Gasteiger partial charge >= 0.3 is 6.03 Å². The van der Waals surface area contributed by atoms with Crippen molar-refractivity contribution in [3.63, 3.8) is 0 Å². The lowest BCUT2D eigenvalue weighted by atomic mass is 10.1. The number of aromatic nitrogens is 1. The first-order chi connectivity index (χ1) is 13.3. The lowest BCUT2D eigenvalue weighted by Gasteiger charge is -2.36. The highest BCUT2D eigenvalue weighted by Gasteiger charge is 2.41. The summed E-state index contributed by atoms with van der Waals surface area (Å²) in [6.45, 7) is 5.22. The number of carbonyl (C=O) groups excluding carboxylic acids is 1. The van der Waals surface area contributed by atoms with Gasteiger partial charge in [-0.15, -0.1) is 0 Å². The molecule has 0 bridgehead atoms. The van der Waals surface area contributed by atoms with Gasteiger partial charge in [-0.2, -0.15) is 0 Å². The number of pyridine rings is 1. The molecule has 4 heterocycles. The van der Waals surface area contributed by atoms with Gasteiger partial charge in [-0.05, 0) is 29.8 Å². The Kier molecular flexibility index (Phi) is 4.09. The van der Waals surface area contributed by atoms with Crippen LogP contribution >= 0.6 is 0 Å². The number of carbonyl (C=O) groups is 1. The zero-order chi connectivity index (χ0) is 18.2. The van der Waals surface area contributed by atoms with Gasteiger partial charge in [0.1, 0.15) is 19.0 Å². The smallest absolute Gasteiger partial charge is 0.326 e. The molecular formula is C20H22N4O3. The molecule has 1 aromatic heterocycles. The third-order valence-electron chi connectivity index (χ3n) is 5.38. The summed E-state index contributed by atoms with van der Waals surface area (Å²) in [5.41, 5.74) is 1.21. The van der Waals surface area contributed by atoms with Crippen LogP contribution in [0.4, 0.5) is 10.6 Å². The number of piperazine rings is 1. The molecule has 2 amide bonds. The van der Waals surface area contributed by atoms with Crippen LogP contribution in [-0.2, 0) is 6.54 Å². The Balaban J connectivity index is 1.27. The number of amides is 2. The largest absolute Gasteiger partial charge is 0.486 e. The van der Waals surface area contributed by atoms with Crippen LogP contribution < -0.4 is 14.4 Å². The van der Waals surface area contributed by atoms with Crippen molar-refractivity contribution in [3.05, 3.63) is 48.2 Å². The molecule has 1 aromatic carbocycles. The van der Waals surface area contributed by atoms with E-state index in [0.717, 1.165) is 43.5 Å². The van der Waals surface area contributed by atoms with E-state index in [4.69, 9.17) is 9.47 Å². The van der Waals surface area contributed by atoms with Crippen LogP contribution in [0.3, 0.4) is 0 Å². The maximum absolute atomic E-state index is 12.7. The van der Waals surface area contributed by atoms with Crippen LogP contribution in [0.25, 0.3) is 0 Å². The monoisotopic (exact) mass is 366 g/mol. The van der Waals surface area contributed by atoms with E-state index in [0.29, 0.717) is 19.8 Å². The quantitative estimate of drug-likeness (QED) is 0.831. The summed E-state index contributed by atoms with van der Waals surface area (Å²) in [5.74, 6) is 2.38. The summed E-state index contributed by atoms with van der Waals surface area (Å²) in [7, 11) is 0. The summed E-state index contributed by atoms with van der Waals surface area (Å²) in [6.07, 6.45) is 1.73. The minimum atomic E-state index is 0.0673. The highest BCUT2D eigenvalue weighted by molar-refractivity contribution is 5.93. The van der Waals surface area contributed by atoms with Crippen LogP contribution in [0.15, 0.2) is 42.6 Å². The van der Waals surface area contributed by atoms with E-state index in [1.54, 1.807) is 11.1 Å². The average molecular weight is 366 g/mol. The third-order valence-corrected chi connectivity index (χ3v) is 5.38. The van der Waals surface area contributed by atoms with Gasteiger partial charge in [-0.1, -0.05) is 12.1 Å². The van der Waals surface area contributed by atoms with Gasteiger partial charge in [0.05, 0.1) is 12.6 Å². The zero-order valence-electron chi connectivity index (χ0n) is 15.1. The summed E-state index contributed by atoms with van der Waals surface area (Å²) in [5, 5.41) is 0. The first kappa shape index (κ1) is 16.4. The second-order valence-corrected chi connectivity index (χ2v) is 7.14. The van der Waals surface area contributed by atoms with Gasteiger partial charge in [0, 0.05) is 32.4 Å². The highest BCUT2D eigenvalue weighted by atomic mass is 16.6. The molecule has 27 heavy (non-hydrogen) atoms. The highest BCUT2D eigenvalue weighted by Crippen LogP contribution is 2.32. The molecule has 7 heteroatoms. The minimum absolute atomic E-state index is 0.0673. The standard InChI is InChI=1S/C20H22N4O3/c25-20-23-8-7-22(12-15-4-5-17-18(11-15)27-10-9-26-17)13-16(23)14-24(20)19-3-1-2-6-21-19/h1-6,11,16H,7-10,12-14H2. The molecule has 2 fully saturated rings. The zero-order valence-corrected chi connectivity index (χ0v) is 15.1. The molecule has 2 aromatic rings. The van der Waals surface area contributed by atoms with Crippen molar-refractivity contribution in [2.45, 2.75) is 12.6 Å². The lowest BCUT2D eigenvalue weighted by Crippen LogP contribution is -2.51. The van der Waals surface area contributed by atoms with Gasteiger partial charge in [-0.25, -0.2) is 9.78 Å². The Morgan fingerprint density at radius 3 is 2.78 bits per heavy atom. The number of nitrogens with zero attached hydrogens (tertiary/aromatic N) is 4. The van der Waals surface area contributed by atoms with Crippen LogP contribution in [0, 0.1) is 0 Å². The van der Waals surface area contributed by atoms with Crippen molar-refractivity contribution in [2.75, 3.05) is 44.3 Å². The van der Waals surface area contributed by atoms with E-state index in [9.17, 15) is 4.79 Å². The van der Waals surface area contributed by atoms with E-state index < -0.39 is 0 Å². The van der Waals surface area contributed by atoms with E-state index in [-0.39, 0.29) is 12.1 Å². The van der Waals surface area contributed by atoms with Crippen molar-refractivity contribution in [2.24, 2.45) is 0 Å². The number of fused-ring (bicyclic) bond motifs is 2. The molecular weight excluding hydrogens is 344 g/mol. The van der Waals surface area contributed by atoms with Crippen LogP contribution in [-0.4, -0.2) is 66.2 Å². The van der Waals surface area contributed by atoms with Crippen molar-refractivity contribution in [1.82, 2.24) is 14.8 Å². The lowest BCUT2D eigenvalue weighted by molar-refractivity contribution is 0.116. The van der Waals surface area contributed by atoms with Gasteiger partial charge in [0.25, 0.3) is 0 Å². The number of urea groups is 1. The molecule has 0 saturated carbocycles. The summed E-state index contributed by atoms with van der Waals surface area (Å²) in [6, 6.07) is 12.1. The molecule has 1 unspecified atom stereocenters. The Labute approximate surface area is 158 Å². The molecule has 0 spiro atoms. The summed E-state index contributed by atoms with van der Waals surface area (Å²) < 4.78 is 11.3. The summed E-state index contributed by atoms with van der Waals surface area (Å²) in [4.78, 5) is 23.2. The number of benzene rings is 1. The van der Waals surface area contributed by atoms with Gasteiger partial charge in [-0.3, -0.25) is 9.80 Å². The third kappa shape index (κ3) is 3.08. The SMILES string of the molecule is O=C1N(c2ccccn2)CC2CN(Cc3ccc4c(c3)OCCO4)CCN12. The first-order valence-electron chi connectivity index (χ1n) is 9.38. The van der Waals surface area contributed by atoms with Crippen molar-refractivity contribution >= 4 is 11.8 Å². The number of rotatable bonds is 3. The molecule has 0 N–H and O–H groups in total. The van der Waals surface area contributed by atoms with Gasteiger partial charge in [0.2, 0.25) is 0 Å². The van der Waals surface area contributed by atoms with E-state index in [2.05, 4.69) is 22.0 Å². The second kappa shape index (κ2) is 6.74. The van der Waals surface area contributed by atoms with Gasteiger partial charge in [0.15, 0.2) is 11.5 Å². The van der Waals surface area contributed by atoms with Crippen molar-refractivity contribution in [3.8, 4) is 11.5 Å². The number of ether oxygens (including phenoxy) is 2. The molecule has 3 aliphatic heterocycles. The Hall–Kier alpha value is -2.80. The van der Waals surface area contributed by atoms with E-state index in [1.165, 1.54) is 5.56 Å². The fraction of sp³-hybridized carbons (Fsp3) is 0.400. The van der Waals surface area contributed by atoms with Crippen molar-refractivity contribution < 1.29 is 14.3 Å². The molecule has 3 aliphatic rings. The maximum atomic E-state index is 12.7. The minimum Gasteiger partial charge on any atom is -0.486 e. The maximum Gasteiger partial charge on any atom is 0.326 e. The molecule has 5 rings (SSSR count). The molecule has 0 radical (unpaired) electrons. The van der Waals surface area contributed by atoms with Crippen molar-refractivity contribution in [1.29, 1.82) is 0 Å². The van der Waals surface area contributed by atoms with Gasteiger partial charge < -0.3 is 14.4 Å². The van der Waals surface area contributed by atoms with Crippen LogP contribution in [0.2, 0.25) is 0 Å². The number of hydrogen-bond donors (Lipinski definition) is 0. The summed E-state index contributed by atoms with van der Waals surface area (Å²) >= 11 is 0. The molecule has 2 saturated heterocycles. The van der Waals surface area contributed by atoms with E-state index in [1.807, 2.05) is 29.2 Å². The number of hydrogen-bond acceptors (Lipinski definition) is 5. The topological polar surface area (TPSA) is 58.1 Å². The Morgan fingerprint density at radius 1 is 1.04 bits per heavy atom. The molecule has 1 atom stereocenters. The normalized spacial score (nSPS) is 22.1. The predicted molar refractivity (Wildman–Crippen MR) is 100 cm³/mol. The predicted octanol–water partition coefficient (Wildman–Crippen LogP) is 1.98. The second-order valence-electron chi connectivity index (χ2n) is 7.14. The molecule has 0 aliphatic carbocycles. The van der Waals surface area contributed by atoms with Crippen LogP contribution in [0.5, 0.6) is 11.5 Å². The molecule has 140 valence electrons. The fourth-order valence-corrected chi connectivity index (χ4v) is 4.06.